The van der Waals surface area contributed by atoms with Crippen LogP contribution in [0.15, 0.2) is 0 Å². The Hall–Kier alpha value is -0.760. The Balaban J connectivity index is 1.45. The molecule has 3 aliphatic carbocycles. The number of carboxylic acids is 1. The van der Waals surface area contributed by atoms with E-state index < -0.39 is 12.1 Å². The standard InChI is InChI=1S/C24H37ClO4/c25-20-15-21(26)19(18(20)7-3-1-2-4-10-23(28)29)8-5-9-22(27)24(13-6-14-24)16-17-11-12-17/h17-22,26-27H,1-4,6-7,9-16H2,(H,28,29)/t18-,19-,20-,21-,22?/m1/s1. The summed E-state index contributed by atoms with van der Waals surface area (Å²) in [5.74, 6) is 6.66. The number of aliphatic carboxylic acids is 1. The van der Waals surface area contributed by atoms with Crippen molar-refractivity contribution in [2.45, 2.75) is 107 Å². The first-order valence-corrected chi connectivity index (χ1v) is 12.1. The van der Waals surface area contributed by atoms with Gasteiger partial charge >= 0.3 is 5.97 Å². The van der Waals surface area contributed by atoms with E-state index in [-0.39, 0.29) is 35.2 Å². The van der Waals surface area contributed by atoms with E-state index in [0.29, 0.717) is 12.8 Å². The number of hydrogen-bond acceptors (Lipinski definition) is 3. The van der Waals surface area contributed by atoms with Gasteiger partial charge in [-0.1, -0.05) is 44.4 Å². The first-order chi connectivity index (χ1) is 13.9. The van der Waals surface area contributed by atoms with E-state index in [1.165, 1.54) is 19.3 Å². The molecule has 5 heteroatoms. The number of carbonyl (C=O) groups is 1. The molecular weight excluding hydrogens is 388 g/mol. The first-order valence-electron chi connectivity index (χ1n) is 11.6. The van der Waals surface area contributed by atoms with Crippen molar-refractivity contribution >= 4 is 17.6 Å². The van der Waals surface area contributed by atoms with Gasteiger partial charge in [-0.3, -0.25) is 4.79 Å². The zero-order valence-electron chi connectivity index (χ0n) is 17.5. The van der Waals surface area contributed by atoms with Crippen molar-refractivity contribution in [3.05, 3.63) is 0 Å². The number of alkyl halides is 1. The molecule has 29 heavy (non-hydrogen) atoms. The molecular formula is C24H37ClO4. The highest BCUT2D eigenvalue weighted by molar-refractivity contribution is 6.21. The van der Waals surface area contributed by atoms with Crippen molar-refractivity contribution in [2.24, 2.45) is 23.2 Å². The molecule has 1 unspecified atom stereocenters. The number of aliphatic hydroxyl groups excluding tert-OH is 2. The van der Waals surface area contributed by atoms with Gasteiger partial charge in [0.15, 0.2) is 0 Å². The van der Waals surface area contributed by atoms with Gasteiger partial charge in [-0.05, 0) is 55.8 Å². The molecule has 0 aromatic heterocycles. The minimum atomic E-state index is -0.733. The van der Waals surface area contributed by atoms with Crippen LogP contribution in [0.4, 0.5) is 0 Å². The molecule has 0 bridgehead atoms. The molecule has 3 aliphatic rings. The molecule has 0 amide bonds. The Kier molecular flexibility index (Phi) is 8.31. The van der Waals surface area contributed by atoms with Crippen molar-refractivity contribution in [2.75, 3.05) is 0 Å². The van der Waals surface area contributed by atoms with Crippen molar-refractivity contribution in [3.8, 4) is 11.8 Å². The van der Waals surface area contributed by atoms with Gasteiger partial charge < -0.3 is 15.3 Å². The number of rotatable bonds is 11. The highest BCUT2D eigenvalue weighted by Gasteiger charge is 2.46. The zero-order chi connectivity index (χ0) is 20.9. The monoisotopic (exact) mass is 424 g/mol. The summed E-state index contributed by atoms with van der Waals surface area (Å²) in [5, 5.41) is 29.9. The second-order valence-electron chi connectivity index (χ2n) is 9.76. The van der Waals surface area contributed by atoms with Crippen LogP contribution in [0.1, 0.15) is 89.9 Å². The van der Waals surface area contributed by atoms with Gasteiger partial charge in [0.1, 0.15) is 0 Å². The fourth-order valence-electron chi connectivity index (χ4n) is 5.33. The van der Waals surface area contributed by atoms with Crippen molar-refractivity contribution < 1.29 is 20.1 Å². The van der Waals surface area contributed by atoms with E-state index in [9.17, 15) is 15.0 Å². The summed E-state index contributed by atoms with van der Waals surface area (Å²) in [6, 6.07) is 0. The molecule has 0 radical (unpaired) electrons. The van der Waals surface area contributed by atoms with Crippen LogP contribution >= 0.6 is 11.6 Å². The smallest absolute Gasteiger partial charge is 0.303 e. The van der Waals surface area contributed by atoms with Gasteiger partial charge in [0.05, 0.1) is 18.1 Å². The molecule has 5 atom stereocenters. The molecule has 4 nitrogen and oxygen atoms in total. The molecule has 0 aliphatic heterocycles. The third kappa shape index (κ3) is 6.36. The van der Waals surface area contributed by atoms with Crippen LogP contribution in [0.2, 0.25) is 0 Å². The molecule has 0 saturated heterocycles. The van der Waals surface area contributed by atoms with E-state index in [1.807, 2.05) is 0 Å². The van der Waals surface area contributed by atoms with E-state index in [2.05, 4.69) is 11.8 Å². The number of hydrogen-bond donors (Lipinski definition) is 3. The summed E-state index contributed by atoms with van der Waals surface area (Å²) in [6.45, 7) is 0. The van der Waals surface area contributed by atoms with Crippen LogP contribution in [0.3, 0.4) is 0 Å². The lowest BCUT2D eigenvalue weighted by atomic mass is 9.61. The summed E-state index contributed by atoms with van der Waals surface area (Å²) in [6.07, 6.45) is 12.3. The number of aliphatic hydroxyl groups is 2. The van der Waals surface area contributed by atoms with Gasteiger partial charge in [-0.2, -0.15) is 0 Å². The van der Waals surface area contributed by atoms with Crippen LogP contribution in [0.5, 0.6) is 0 Å². The predicted molar refractivity (Wildman–Crippen MR) is 115 cm³/mol. The van der Waals surface area contributed by atoms with Crippen molar-refractivity contribution in [1.29, 1.82) is 0 Å². The average Bonchev–Trinajstić information content (AvgIpc) is 3.41. The van der Waals surface area contributed by atoms with Crippen LogP contribution in [0.25, 0.3) is 0 Å². The van der Waals surface area contributed by atoms with Crippen LogP contribution in [0, 0.1) is 35.0 Å². The molecule has 0 aromatic carbocycles. The molecule has 3 N–H and O–H groups in total. The van der Waals surface area contributed by atoms with Crippen molar-refractivity contribution in [1.82, 2.24) is 0 Å². The van der Waals surface area contributed by atoms with Crippen LogP contribution < -0.4 is 0 Å². The van der Waals surface area contributed by atoms with Crippen LogP contribution in [-0.2, 0) is 4.79 Å². The molecule has 3 fully saturated rings. The van der Waals surface area contributed by atoms with Crippen molar-refractivity contribution in [3.63, 3.8) is 0 Å². The Labute approximate surface area is 180 Å². The SMILES string of the molecule is O=C(O)CCCCCC[C@@H]1[C@@H](C#CCC(O)C2(CC3CC3)CCC2)[C@H](O)C[C@H]1Cl. The predicted octanol–water partition coefficient (Wildman–Crippen LogP) is 4.74. The van der Waals surface area contributed by atoms with Gasteiger partial charge in [-0.15, -0.1) is 17.5 Å². The molecule has 3 rings (SSSR count). The summed E-state index contributed by atoms with van der Waals surface area (Å²) in [5.41, 5.74) is 0.106. The minimum absolute atomic E-state index is 0.0546. The zero-order valence-corrected chi connectivity index (χ0v) is 18.2. The lowest BCUT2D eigenvalue weighted by Crippen LogP contribution is -2.41. The number of carboxylic acid groups (broad SMARTS) is 1. The summed E-state index contributed by atoms with van der Waals surface area (Å²) >= 11 is 6.50. The summed E-state index contributed by atoms with van der Waals surface area (Å²) in [7, 11) is 0. The van der Waals surface area contributed by atoms with Gasteiger partial charge in [-0.25, -0.2) is 0 Å². The van der Waals surface area contributed by atoms with E-state index in [1.54, 1.807) is 0 Å². The van der Waals surface area contributed by atoms with Gasteiger partial charge in [0.25, 0.3) is 0 Å². The Morgan fingerprint density at radius 2 is 1.90 bits per heavy atom. The maximum Gasteiger partial charge on any atom is 0.303 e. The Morgan fingerprint density at radius 1 is 1.17 bits per heavy atom. The lowest BCUT2D eigenvalue weighted by Gasteiger charge is -2.45. The topological polar surface area (TPSA) is 77.8 Å². The van der Waals surface area contributed by atoms with Gasteiger partial charge in [0.2, 0.25) is 0 Å². The molecule has 0 aromatic rings. The number of halogens is 1. The fraction of sp³-hybridized carbons (Fsp3) is 0.875. The van der Waals surface area contributed by atoms with Crippen LogP contribution in [-0.4, -0.2) is 38.9 Å². The third-order valence-corrected chi connectivity index (χ3v) is 8.00. The highest BCUT2D eigenvalue weighted by atomic mass is 35.5. The Morgan fingerprint density at radius 3 is 2.52 bits per heavy atom. The fourth-order valence-corrected chi connectivity index (χ4v) is 5.79. The maximum atomic E-state index is 10.8. The van der Waals surface area contributed by atoms with E-state index >= 15 is 0 Å². The lowest BCUT2D eigenvalue weighted by molar-refractivity contribution is -0.137. The maximum absolute atomic E-state index is 10.8. The quantitative estimate of drug-likeness (QED) is 0.254. The van der Waals surface area contributed by atoms with E-state index in [0.717, 1.165) is 57.3 Å². The highest BCUT2D eigenvalue weighted by Crippen LogP contribution is 2.53. The van der Waals surface area contributed by atoms with Gasteiger partial charge in [0, 0.05) is 18.2 Å². The molecule has 0 spiro atoms. The molecule has 164 valence electrons. The minimum Gasteiger partial charge on any atom is -0.481 e. The largest absolute Gasteiger partial charge is 0.481 e. The third-order valence-electron chi connectivity index (χ3n) is 7.50. The first kappa shape index (κ1) is 22.9. The summed E-state index contributed by atoms with van der Waals surface area (Å²) in [4.78, 5) is 10.6. The number of unbranched alkanes of at least 4 members (excludes halogenated alkanes) is 3. The Bertz CT molecular complexity index is 602. The average molecular weight is 425 g/mol. The second kappa shape index (κ2) is 10.5. The normalized spacial score (nSPS) is 31.6. The second-order valence-corrected chi connectivity index (χ2v) is 10.3. The summed E-state index contributed by atoms with van der Waals surface area (Å²) < 4.78 is 0. The molecule has 3 saturated carbocycles. The van der Waals surface area contributed by atoms with E-state index in [4.69, 9.17) is 16.7 Å². The molecule has 0 heterocycles.